The zero-order chi connectivity index (χ0) is 17.7. The highest BCUT2D eigenvalue weighted by molar-refractivity contribution is 7.14. The Morgan fingerprint density at radius 2 is 1.76 bits per heavy atom. The first-order chi connectivity index (χ1) is 12.0. The largest absolute Gasteiger partial charge is 0.617 e. The van der Waals surface area contributed by atoms with Crippen LogP contribution < -0.4 is 4.73 Å². The van der Waals surface area contributed by atoms with Gasteiger partial charge in [-0.25, -0.2) is 0 Å². The molecule has 0 saturated heterocycles. The predicted molar refractivity (Wildman–Crippen MR) is 96.7 cm³/mol. The van der Waals surface area contributed by atoms with Crippen LogP contribution in [0.5, 0.6) is 0 Å². The van der Waals surface area contributed by atoms with Gasteiger partial charge in [0.15, 0.2) is 17.5 Å². The summed E-state index contributed by atoms with van der Waals surface area (Å²) in [6.07, 6.45) is 2.85. The number of ketones is 2. The van der Waals surface area contributed by atoms with Gasteiger partial charge in [0.05, 0.1) is 10.4 Å². The van der Waals surface area contributed by atoms with Crippen molar-refractivity contribution >= 4 is 34.5 Å². The van der Waals surface area contributed by atoms with Crippen molar-refractivity contribution < 1.29 is 14.3 Å². The minimum Gasteiger partial charge on any atom is -0.617 e. The molecule has 25 heavy (non-hydrogen) atoms. The Kier molecular flexibility index (Phi) is 4.16. The van der Waals surface area contributed by atoms with Crippen LogP contribution in [0, 0.1) is 17.0 Å². The Morgan fingerprint density at radius 1 is 1.16 bits per heavy atom. The number of carbonyl (C=O) groups excluding carboxylic acids is 2. The molecule has 1 unspecified atom stereocenters. The van der Waals surface area contributed by atoms with Crippen molar-refractivity contribution in [3.05, 3.63) is 45.1 Å². The Bertz CT molecular complexity index is 836. The first-order valence-electron chi connectivity index (χ1n) is 8.59. The molecule has 3 atom stereocenters. The zero-order valence-electron chi connectivity index (χ0n) is 13.8. The fourth-order valence-electron chi connectivity index (χ4n) is 4.11. The Hall–Kier alpha value is -1.72. The molecular formula is C19H18ClNO3S. The number of halogens is 1. The summed E-state index contributed by atoms with van der Waals surface area (Å²) in [6.45, 7) is 1.95. The van der Waals surface area contributed by atoms with Crippen molar-refractivity contribution in [1.29, 1.82) is 0 Å². The second-order valence-corrected chi connectivity index (χ2v) is 8.34. The first-order valence-corrected chi connectivity index (χ1v) is 9.79. The molecule has 2 saturated carbocycles. The fourth-order valence-corrected chi connectivity index (χ4v) is 5.36. The number of hydrogen-bond donors (Lipinski definition) is 0. The lowest BCUT2D eigenvalue weighted by Crippen LogP contribution is -2.43. The van der Waals surface area contributed by atoms with Crippen LogP contribution in [0.2, 0.25) is 5.02 Å². The van der Waals surface area contributed by atoms with E-state index < -0.39 is 5.92 Å². The second-order valence-electron chi connectivity index (χ2n) is 6.82. The van der Waals surface area contributed by atoms with E-state index in [1.807, 2.05) is 6.92 Å². The van der Waals surface area contributed by atoms with E-state index in [1.54, 1.807) is 24.3 Å². The highest BCUT2D eigenvalue weighted by Crippen LogP contribution is 2.45. The van der Waals surface area contributed by atoms with Gasteiger partial charge >= 0.3 is 0 Å². The molecule has 2 aromatic rings. The molecule has 1 aromatic carbocycles. The van der Waals surface area contributed by atoms with Gasteiger partial charge in [-0.1, -0.05) is 29.9 Å². The van der Waals surface area contributed by atoms with Crippen molar-refractivity contribution in [1.82, 2.24) is 0 Å². The van der Waals surface area contributed by atoms with E-state index in [2.05, 4.69) is 0 Å². The molecular weight excluding hydrogens is 358 g/mol. The first kappa shape index (κ1) is 16.7. The molecule has 2 aliphatic carbocycles. The summed E-state index contributed by atoms with van der Waals surface area (Å²) in [6, 6.07) is 7.05. The molecule has 1 heterocycles. The van der Waals surface area contributed by atoms with Gasteiger partial charge in [-0.2, -0.15) is 4.73 Å². The number of aryl methyl sites for hydroxylation is 1. The lowest BCUT2D eigenvalue weighted by molar-refractivity contribution is -0.597. The molecule has 6 heteroatoms. The summed E-state index contributed by atoms with van der Waals surface area (Å²) in [7, 11) is 0. The van der Waals surface area contributed by atoms with Gasteiger partial charge in [0, 0.05) is 16.9 Å². The Morgan fingerprint density at radius 3 is 2.32 bits per heavy atom. The smallest absolute Gasteiger partial charge is 0.280 e. The summed E-state index contributed by atoms with van der Waals surface area (Å²) < 4.78 is 0.817. The maximum Gasteiger partial charge on any atom is 0.280 e. The molecule has 1 aromatic heterocycles. The number of Topliss-reactive ketones (excluding diaryl/α,β-unsaturated/α-hetero) is 2. The van der Waals surface area contributed by atoms with Gasteiger partial charge in [0.1, 0.15) is 0 Å². The van der Waals surface area contributed by atoms with E-state index in [0.29, 0.717) is 28.6 Å². The van der Waals surface area contributed by atoms with E-state index in [-0.39, 0.29) is 23.4 Å². The minimum absolute atomic E-state index is 0.0569. The van der Waals surface area contributed by atoms with Crippen LogP contribution in [0.25, 0.3) is 10.6 Å². The van der Waals surface area contributed by atoms with E-state index in [4.69, 9.17) is 11.6 Å². The van der Waals surface area contributed by atoms with E-state index in [1.165, 1.54) is 11.3 Å². The molecule has 2 bridgehead atoms. The molecule has 2 fully saturated rings. The average Bonchev–Trinajstić information content (AvgIpc) is 3.19. The van der Waals surface area contributed by atoms with Gasteiger partial charge in [0.25, 0.3) is 5.01 Å². The number of benzene rings is 1. The van der Waals surface area contributed by atoms with Crippen LogP contribution >= 0.6 is 22.9 Å². The molecule has 0 N–H and O–H groups in total. The third kappa shape index (κ3) is 2.61. The van der Waals surface area contributed by atoms with Crippen LogP contribution in [0.4, 0.5) is 0 Å². The third-order valence-electron chi connectivity index (χ3n) is 5.40. The Balaban J connectivity index is 1.83. The molecule has 0 spiro atoms. The summed E-state index contributed by atoms with van der Waals surface area (Å²) in [5.74, 6) is -1.11. The summed E-state index contributed by atoms with van der Waals surface area (Å²) in [5.41, 5.74) is 1.12. The van der Waals surface area contributed by atoms with Crippen LogP contribution in [0.15, 0.2) is 24.3 Å². The van der Waals surface area contributed by atoms with Crippen LogP contribution in [-0.4, -0.2) is 11.6 Å². The minimum atomic E-state index is -0.879. The molecule has 130 valence electrons. The zero-order valence-corrected chi connectivity index (χ0v) is 15.4. The van der Waals surface area contributed by atoms with Gasteiger partial charge in [-0.3, -0.25) is 9.59 Å². The highest BCUT2D eigenvalue weighted by atomic mass is 35.5. The number of aromatic nitrogens is 1. The van der Waals surface area contributed by atoms with Gasteiger partial charge in [-0.15, -0.1) is 0 Å². The fraction of sp³-hybridized carbons (Fsp3) is 0.421. The Labute approximate surface area is 155 Å². The number of hydrogen-bond acceptors (Lipinski definition) is 4. The van der Waals surface area contributed by atoms with Crippen molar-refractivity contribution in [2.24, 2.45) is 11.8 Å². The van der Waals surface area contributed by atoms with Gasteiger partial charge in [-0.05, 0) is 49.9 Å². The summed E-state index contributed by atoms with van der Waals surface area (Å²) in [4.78, 5) is 26.5. The van der Waals surface area contributed by atoms with E-state index in [0.717, 1.165) is 28.0 Å². The highest BCUT2D eigenvalue weighted by Gasteiger charge is 2.51. The molecule has 4 nitrogen and oxygen atoms in total. The number of fused-ring (bicyclic) bond motifs is 2. The number of nitrogens with zero attached hydrogens (tertiary/aromatic N) is 1. The second kappa shape index (κ2) is 6.22. The van der Waals surface area contributed by atoms with E-state index >= 15 is 0 Å². The molecule has 4 rings (SSSR count). The van der Waals surface area contributed by atoms with Crippen LogP contribution in [-0.2, 0) is 16.0 Å². The van der Waals surface area contributed by atoms with Gasteiger partial charge < -0.3 is 5.21 Å². The third-order valence-corrected chi connectivity index (χ3v) is 6.99. The maximum atomic E-state index is 13.0. The average molecular weight is 376 g/mol. The standard InChI is InChI=1S/C19H18ClNO3S/c1-2-14-16(15-17(22)11-3-4-12(9-11)18(15)23)21(24)19(25-14)10-5-7-13(20)8-6-10/h5-8,11-12,15H,2-4,9H2,1H3/t11-,12+,15?. The molecule has 0 aliphatic heterocycles. The topological polar surface area (TPSA) is 61.1 Å². The van der Waals surface area contributed by atoms with E-state index in [9.17, 15) is 14.8 Å². The monoisotopic (exact) mass is 375 g/mol. The lowest BCUT2D eigenvalue weighted by Gasteiger charge is -2.23. The normalized spacial score (nSPS) is 25.6. The number of carbonyl (C=O) groups is 2. The summed E-state index contributed by atoms with van der Waals surface area (Å²) >= 11 is 7.30. The number of thiazole rings is 1. The maximum absolute atomic E-state index is 13.0. The molecule has 0 radical (unpaired) electrons. The van der Waals surface area contributed by atoms with Crippen molar-refractivity contribution in [3.63, 3.8) is 0 Å². The molecule has 2 aliphatic rings. The van der Waals surface area contributed by atoms with Crippen molar-refractivity contribution in [3.8, 4) is 10.6 Å². The SMILES string of the molecule is CCc1sc(-c2ccc(Cl)cc2)[n+]([O-])c1C1C(=O)[C@@H]2CC[C@@H](C2)C1=O. The van der Waals surface area contributed by atoms with Crippen LogP contribution in [0.1, 0.15) is 42.7 Å². The quantitative estimate of drug-likeness (QED) is 0.464. The van der Waals surface area contributed by atoms with Crippen molar-refractivity contribution in [2.75, 3.05) is 0 Å². The summed E-state index contributed by atoms with van der Waals surface area (Å²) in [5, 5.41) is 14.2. The molecule has 0 amide bonds. The van der Waals surface area contributed by atoms with Gasteiger partial charge in [0.2, 0.25) is 5.69 Å². The van der Waals surface area contributed by atoms with Crippen LogP contribution in [0.3, 0.4) is 0 Å². The lowest BCUT2D eigenvalue weighted by atomic mass is 9.77. The predicted octanol–water partition coefficient (Wildman–Crippen LogP) is 3.92. The van der Waals surface area contributed by atoms with Crippen molar-refractivity contribution in [2.45, 2.75) is 38.5 Å². The number of rotatable bonds is 3.